The molecule has 5 N–H and O–H groups in total. The van der Waals surface area contributed by atoms with Gasteiger partial charge in [-0.1, -0.05) is 64.7 Å². The third-order valence-corrected chi connectivity index (χ3v) is 4.26. The lowest BCUT2D eigenvalue weighted by Crippen LogP contribution is -2.51. The van der Waals surface area contributed by atoms with E-state index < -0.39 is 30.3 Å². The van der Waals surface area contributed by atoms with Gasteiger partial charge in [-0.15, -0.1) is 0 Å². The Morgan fingerprint density at radius 1 is 0.840 bits per heavy atom. The topological polar surface area (TPSA) is 127 Å². The van der Waals surface area contributed by atoms with Gasteiger partial charge in [0.15, 0.2) is 12.4 Å². The molecule has 0 aliphatic heterocycles. The molecule has 148 valence electrons. The highest BCUT2D eigenvalue weighted by atomic mass is 16.4. The molecule has 0 aliphatic rings. The zero-order valence-corrected chi connectivity index (χ0v) is 15.3. The van der Waals surface area contributed by atoms with Gasteiger partial charge < -0.3 is 30.5 Å². The summed E-state index contributed by atoms with van der Waals surface area (Å²) in [7, 11) is 0. The first kappa shape index (κ1) is 24.0. The molecule has 0 rings (SSSR count). The van der Waals surface area contributed by atoms with E-state index in [1.54, 1.807) is 0 Å². The smallest absolute Gasteiger partial charge is 0.251 e. The standard InChI is InChI=1S/C18H35NO6/c1-2-3-4-5-6-7-8-9-10-11-12-19-18(25)17(24)16(23)15(22)14(21)13-20/h13-17,21-24H,2-12H2,1H3,(H,19,25)/t14-,15+,16-,17-/m0/s1. The molecule has 0 aromatic rings. The summed E-state index contributed by atoms with van der Waals surface area (Å²) in [6, 6.07) is 0. The van der Waals surface area contributed by atoms with Gasteiger partial charge in [0.25, 0.3) is 5.91 Å². The molecule has 0 fully saturated rings. The molecule has 0 saturated carbocycles. The second-order valence-electron chi connectivity index (χ2n) is 6.53. The quantitative estimate of drug-likeness (QED) is 0.203. The molecule has 7 nitrogen and oxygen atoms in total. The van der Waals surface area contributed by atoms with Crippen LogP contribution in [0.4, 0.5) is 0 Å². The Labute approximate surface area is 150 Å². The lowest BCUT2D eigenvalue weighted by molar-refractivity contribution is -0.149. The average Bonchev–Trinajstić information content (AvgIpc) is 2.63. The van der Waals surface area contributed by atoms with Gasteiger partial charge in [-0.05, 0) is 6.42 Å². The number of aliphatic hydroxyl groups is 4. The van der Waals surface area contributed by atoms with E-state index in [-0.39, 0.29) is 6.29 Å². The van der Waals surface area contributed by atoms with Crippen molar-refractivity contribution in [2.24, 2.45) is 0 Å². The predicted molar refractivity (Wildman–Crippen MR) is 94.9 cm³/mol. The highest BCUT2D eigenvalue weighted by molar-refractivity contribution is 5.81. The summed E-state index contributed by atoms with van der Waals surface area (Å²) in [6.45, 7) is 2.57. The fourth-order valence-corrected chi connectivity index (χ4v) is 2.55. The lowest BCUT2D eigenvalue weighted by Gasteiger charge is -2.23. The Morgan fingerprint density at radius 3 is 1.80 bits per heavy atom. The Hall–Kier alpha value is -1.02. The molecule has 25 heavy (non-hydrogen) atoms. The molecule has 0 unspecified atom stereocenters. The van der Waals surface area contributed by atoms with Gasteiger partial charge in [-0.3, -0.25) is 4.79 Å². The van der Waals surface area contributed by atoms with E-state index in [2.05, 4.69) is 12.2 Å². The fourth-order valence-electron chi connectivity index (χ4n) is 2.55. The van der Waals surface area contributed by atoms with Gasteiger partial charge in [0, 0.05) is 6.54 Å². The van der Waals surface area contributed by atoms with Gasteiger partial charge in [-0.25, -0.2) is 0 Å². The minimum atomic E-state index is -1.92. The van der Waals surface area contributed by atoms with Crippen molar-refractivity contribution >= 4 is 12.2 Å². The molecule has 0 aromatic heterocycles. The number of hydrogen-bond donors (Lipinski definition) is 5. The summed E-state index contributed by atoms with van der Waals surface area (Å²) in [5, 5.41) is 40.1. The maximum Gasteiger partial charge on any atom is 0.251 e. The number of carbonyl (C=O) groups excluding carboxylic acids is 2. The maximum atomic E-state index is 11.7. The molecule has 0 radical (unpaired) electrons. The highest BCUT2D eigenvalue weighted by Crippen LogP contribution is 2.10. The Kier molecular flexibility index (Phi) is 14.6. The van der Waals surface area contributed by atoms with Gasteiger partial charge in [-0.2, -0.15) is 0 Å². The van der Waals surface area contributed by atoms with Crippen molar-refractivity contribution in [2.45, 2.75) is 95.5 Å². The number of nitrogens with one attached hydrogen (secondary N) is 1. The molecular formula is C18H35NO6. The van der Waals surface area contributed by atoms with Crippen LogP contribution in [-0.2, 0) is 9.59 Å². The van der Waals surface area contributed by atoms with Crippen LogP contribution in [0, 0.1) is 0 Å². The third-order valence-electron chi connectivity index (χ3n) is 4.26. The van der Waals surface area contributed by atoms with E-state index in [9.17, 15) is 24.9 Å². The molecule has 0 aliphatic carbocycles. The largest absolute Gasteiger partial charge is 0.387 e. The number of unbranched alkanes of at least 4 members (excludes halogenated alkanes) is 9. The van der Waals surface area contributed by atoms with Crippen molar-refractivity contribution in [3.8, 4) is 0 Å². The second-order valence-corrected chi connectivity index (χ2v) is 6.53. The van der Waals surface area contributed by atoms with Crippen LogP contribution in [0.25, 0.3) is 0 Å². The highest BCUT2D eigenvalue weighted by Gasteiger charge is 2.34. The normalized spacial score (nSPS) is 16.0. The van der Waals surface area contributed by atoms with Gasteiger partial charge in [0.2, 0.25) is 0 Å². The van der Waals surface area contributed by atoms with Crippen LogP contribution in [0.5, 0.6) is 0 Å². The number of aliphatic hydroxyl groups excluding tert-OH is 4. The first-order chi connectivity index (χ1) is 12.0. The Bertz CT molecular complexity index is 352. The number of amides is 1. The van der Waals surface area contributed by atoms with Crippen LogP contribution < -0.4 is 5.32 Å². The second kappa shape index (κ2) is 15.3. The summed E-state index contributed by atoms with van der Waals surface area (Å²) in [4.78, 5) is 22.0. The van der Waals surface area contributed by atoms with Crippen LogP contribution >= 0.6 is 0 Å². The first-order valence-corrected chi connectivity index (χ1v) is 9.41. The molecule has 1 amide bonds. The molecular weight excluding hydrogens is 326 g/mol. The number of hydrogen-bond acceptors (Lipinski definition) is 6. The van der Waals surface area contributed by atoms with E-state index in [1.807, 2.05) is 0 Å². The minimum Gasteiger partial charge on any atom is -0.387 e. The van der Waals surface area contributed by atoms with E-state index in [4.69, 9.17) is 5.11 Å². The number of carbonyl (C=O) groups is 2. The lowest BCUT2D eigenvalue weighted by atomic mass is 10.0. The first-order valence-electron chi connectivity index (χ1n) is 9.41. The van der Waals surface area contributed by atoms with Crippen LogP contribution in [0.2, 0.25) is 0 Å². The van der Waals surface area contributed by atoms with Crippen molar-refractivity contribution in [3.05, 3.63) is 0 Å². The van der Waals surface area contributed by atoms with Crippen molar-refractivity contribution in [3.63, 3.8) is 0 Å². The number of aldehydes is 1. The van der Waals surface area contributed by atoms with Crippen molar-refractivity contribution in [1.29, 1.82) is 0 Å². The van der Waals surface area contributed by atoms with Crippen molar-refractivity contribution < 1.29 is 30.0 Å². The van der Waals surface area contributed by atoms with Gasteiger partial charge in [0.1, 0.15) is 18.3 Å². The fraction of sp³-hybridized carbons (Fsp3) is 0.889. The third kappa shape index (κ3) is 11.3. The van der Waals surface area contributed by atoms with Crippen LogP contribution in [0.3, 0.4) is 0 Å². The van der Waals surface area contributed by atoms with Gasteiger partial charge in [0.05, 0.1) is 0 Å². The number of rotatable bonds is 16. The van der Waals surface area contributed by atoms with E-state index in [0.717, 1.165) is 19.3 Å². The summed E-state index contributed by atoms with van der Waals surface area (Å²) in [6.07, 6.45) is 4.16. The summed E-state index contributed by atoms with van der Waals surface area (Å²) < 4.78 is 0. The summed E-state index contributed by atoms with van der Waals surface area (Å²) in [5.74, 6) is -0.833. The van der Waals surface area contributed by atoms with E-state index in [1.165, 1.54) is 44.9 Å². The Balaban J connectivity index is 3.67. The monoisotopic (exact) mass is 361 g/mol. The molecule has 0 bridgehead atoms. The molecule has 0 heterocycles. The van der Waals surface area contributed by atoms with Crippen LogP contribution in [0.1, 0.15) is 71.1 Å². The molecule has 7 heteroatoms. The summed E-state index contributed by atoms with van der Waals surface area (Å²) in [5.41, 5.74) is 0. The van der Waals surface area contributed by atoms with Crippen molar-refractivity contribution in [1.82, 2.24) is 5.32 Å². The van der Waals surface area contributed by atoms with Crippen LogP contribution in [0.15, 0.2) is 0 Å². The van der Waals surface area contributed by atoms with Gasteiger partial charge >= 0.3 is 0 Å². The zero-order chi connectivity index (χ0) is 19.1. The zero-order valence-electron chi connectivity index (χ0n) is 15.3. The average molecular weight is 361 g/mol. The molecule has 0 spiro atoms. The molecule has 0 aromatic carbocycles. The van der Waals surface area contributed by atoms with Crippen LogP contribution in [-0.4, -0.2) is 63.6 Å². The SMILES string of the molecule is CCCCCCCCCCCCNC(=O)[C@@H](O)[C@@H](O)[C@H](O)[C@@H](O)C=O. The maximum absolute atomic E-state index is 11.7. The minimum absolute atomic E-state index is 0.0301. The predicted octanol–water partition coefficient (Wildman–Crippen LogP) is 0.666. The van der Waals surface area contributed by atoms with E-state index in [0.29, 0.717) is 6.54 Å². The van der Waals surface area contributed by atoms with Crippen molar-refractivity contribution in [2.75, 3.05) is 6.54 Å². The Morgan fingerprint density at radius 2 is 1.32 bits per heavy atom. The van der Waals surface area contributed by atoms with E-state index >= 15 is 0 Å². The molecule has 0 saturated heterocycles. The molecule has 4 atom stereocenters. The summed E-state index contributed by atoms with van der Waals surface area (Å²) >= 11 is 0.